The lowest BCUT2D eigenvalue weighted by Gasteiger charge is -2.16. The molecule has 0 spiro atoms. The summed E-state index contributed by atoms with van der Waals surface area (Å²) in [5, 5.41) is 9.56. The molecule has 22 heavy (non-hydrogen) atoms. The van der Waals surface area contributed by atoms with Crippen molar-refractivity contribution in [1.82, 2.24) is 4.90 Å². The van der Waals surface area contributed by atoms with Gasteiger partial charge in [0, 0.05) is 29.1 Å². The van der Waals surface area contributed by atoms with E-state index in [0.29, 0.717) is 6.54 Å². The van der Waals surface area contributed by atoms with Gasteiger partial charge in [-0.2, -0.15) is 0 Å². The highest BCUT2D eigenvalue weighted by Crippen LogP contribution is 2.34. The summed E-state index contributed by atoms with van der Waals surface area (Å²) in [6, 6.07) is 18.5. The van der Waals surface area contributed by atoms with Crippen LogP contribution in [0.25, 0.3) is 0 Å². The zero-order chi connectivity index (χ0) is 15.5. The van der Waals surface area contributed by atoms with E-state index in [4.69, 9.17) is 0 Å². The summed E-state index contributed by atoms with van der Waals surface area (Å²) in [6.45, 7) is 2.22. The Morgan fingerprint density at radius 2 is 1.77 bits per heavy atom. The van der Waals surface area contributed by atoms with Gasteiger partial charge >= 0.3 is 5.97 Å². The number of rotatable bonds is 4. The highest BCUT2D eigenvalue weighted by Gasteiger charge is 2.38. The Morgan fingerprint density at radius 1 is 1.09 bits per heavy atom. The van der Waals surface area contributed by atoms with E-state index in [0.717, 1.165) is 18.7 Å². The highest BCUT2D eigenvalue weighted by molar-refractivity contribution is 14.1. The SMILES string of the molecule is O=C(O)C1CN(Cc2ccccc2)CC1c1ccc(I)cc1. The summed E-state index contributed by atoms with van der Waals surface area (Å²) in [6.07, 6.45) is 0. The molecule has 1 fully saturated rings. The van der Waals surface area contributed by atoms with Gasteiger partial charge in [0.05, 0.1) is 5.92 Å². The fourth-order valence-corrected chi connectivity index (χ4v) is 3.51. The first-order valence-corrected chi connectivity index (χ1v) is 8.46. The molecule has 3 nitrogen and oxygen atoms in total. The molecule has 0 bridgehead atoms. The van der Waals surface area contributed by atoms with Crippen LogP contribution in [0.1, 0.15) is 17.0 Å². The molecule has 3 rings (SSSR count). The molecule has 2 aromatic rings. The molecule has 0 aliphatic carbocycles. The number of nitrogens with zero attached hydrogens (tertiary/aromatic N) is 1. The van der Waals surface area contributed by atoms with Crippen LogP contribution in [-0.4, -0.2) is 29.1 Å². The second-order valence-corrected chi connectivity index (χ2v) is 7.03. The Bertz CT molecular complexity index is 642. The number of hydrogen-bond donors (Lipinski definition) is 1. The third-order valence-electron chi connectivity index (χ3n) is 4.26. The predicted octanol–water partition coefficient (Wildman–Crippen LogP) is 3.59. The summed E-state index contributed by atoms with van der Waals surface area (Å²) >= 11 is 2.27. The molecule has 0 saturated carbocycles. The third kappa shape index (κ3) is 3.50. The summed E-state index contributed by atoms with van der Waals surface area (Å²) in [7, 11) is 0. The normalized spacial score (nSPS) is 21.9. The molecular formula is C18H18INO2. The molecular weight excluding hydrogens is 389 g/mol. The molecule has 4 heteroatoms. The van der Waals surface area contributed by atoms with E-state index in [2.05, 4.69) is 63.9 Å². The number of carbonyl (C=O) groups is 1. The van der Waals surface area contributed by atoms with Crippen molar-refractivity contribution in [3.8, 4) is 0 Å². The minimum absolute atomic E-state index is 0.0678. The molecule has 1 aliphatic rings. The fraction of sp³-hybridized carbons (Fsp3) is 0.278. The van der Waals surface area contributed by atoms with Crippen molar-refractivity contribution in [2.24, 2.45) is 5.92 Å². The van der Waals surface area contributed by atoms with Crippen LogP contribution in [0.3, 0.4) is 0 Å². The van der Waals surface area contributed by atoms with E-state index >= 15 is 0 Å². The van der Waals surface area contributed by atoms with Crippen LogP contribution in [-0.2, 0) is 11.3 Å². The van der Waals surface area contributed by atoms with Gasteiger partial charge in [0.2, 0.25) is 0 Å². The van der Waals surface area contributed by atoms with Crippen molar-refractivity contribution in [2.45, 2.75) is 12.5 Å². The van der Waals surface area contributed by atoms with E-state index in [9.17, 15) is 9.90 Å². The van der Waals surface area contributed by atoms with Gasteiger partial charge in [0.15, 0.2) is 0 Å². The molecule has 1 aliphatic heterocycles. The molecule has 1 saturated heterocycles. The van der Waals surface area contributed by atoms with Crippen molar-refractivity contribution >= 4 is 28.6 Å². The molecule has 1 heterocycles. The summed E-state index contributed by atoms with van der Waals surface area (Å²) < 4.78 is 1.17. The third-order valence-corrected chi connectivity index (χ3v) is 4.98. The number of benzene rings is 2. The Labute approximate surface area is 144 Å². The van der Waals surface area contributed by atoms with E-state index in [-0.39, 0.29) is 11.8 Å². The number of aliphatic carboxylic acids is 1. The zero-order valence-electron chi connectivity index (χ0n) is 12.2. The smallest absolute Gasteiger partial charge is 0.308 e. The van der Waals surface area contributed by atoms with Gasteiger partial charge in [0.25, 0.3) is 0 Å². The second-order valence-electron chi connectivity index (χ2n) is 5.78. The lowest BCUT2D eigenvalue weighted by Crippen LogP contribution is -2.23. The minimum atomic E-state index is -0.695. The molecule has 2 aromatic carbocycles. The lowest BCUT2D eigenvalue weighted by atomic mass is 9.89. The Morgan fingerprint density at radius 3 is 2.41 bits per heavy atom. The maximum Gasteiger partial charge on any atom is 0.308 e. The Kier molecular flexibility index (Phi) is 4.78. The van der Waals surface area contributed by atoms with Gasteiger partial charge in [-0.25, -0.2) is 0 Å². The molecule has 2 atom stereocenters. The maximum atomic E-state index is 11.6. The quantitative estimate of drug-likeness (QED) is 0.788. The molecule has 0 radical (unpaired) electrons. The van der Waals surface area contributed by atoms with Gasteiger partial charge in [-0.1, -0.05) is 42.5 Å². The predicted molar refractivity (Wildman–Crippen MR) is 94.7 cm³/mol. The highest BCUT2D eigenvalue weighted by atomic mass is 127. The minimum Gasteiger partial charge on any atom is -0.481 e. The number of likely N-dealkylation sites (tertiary alicyclic amines) is 1. The van der Waals surface area contributed by atoms with Crippen LogP contribution in [0.15, 0.2) is 54.6 Å². The monoisotopic (exact) mass is 407 g/mol. The standard InChI is InChI=1S/C18H18INO2/c19-15-8-6-14(7-9-15)16-11-20(12-17(16)18(21)22)10-13-4-2-1-3-5-13/h1-9,16-17H,10-12H2,(H,21,22). The van der Waals surface area contributed by atoms with Gasteiger partial charge in [-0.05, 0) is 45.9 Å². The van der Waals surface area contributed by atoms with Gasteiger partial charge < -0.3 is 5.11 Å². The van der Waals surface area contributed by atoms with Crippen LogP contribution in [0, 0.1) is 9.49 Å². The van der Waals surface area contributed by atoms with Crippen molar-refractivity contribution in [1.29, 1.82) is 0 Å². The number of carboxylic acid groups (broad SMARTS) is 1. The van der Waals surface area contributed by atoms with Crippen LogP contribution >= 0.6 is 22.6 Å². The molecule has 0 amide bonds. The number of carboxylic acids is 1. The maximum absolute atomic E-state index is 11.6. The van der Waals surface area contributed by atoms with E-state index < -0.39 is 5.97 Å². The van der Waals surface area contributed by atoms with Crippen LogP contribution < -0.4 is 0 Å². The molecule has 114 valence electrons. The average molecular weight is 407 g/mol. The van der Waals surface area contributed by atoms with Crippen LogP contribution in [0.5, 0.6) is 0 Å². The topological polar surface area (TPSA) is 40.5 Å². The molecule has 1 N–H and O–H groups in total. The van der Waals surface area contributed by atoms with Crippen LogP contribution in [0.2, 0.25) is 0 Å². The first-order chi connectivity index (χ1) is 10.6. The average Bonchev–Trinajstić information content (AvgIpc) is 2.93. The van der Waals surface area contributed by atoms with Gasteiger partial charge in [-0.15, -0.1) is 0 Å². The molecule has 2 unspecified atom stereocenters. The first-order valence-electron chi connectivity index (χ1n) is 7.38. The van der Waals surface area contributed by atoms with Crippen LogP contribution in [0.4, 0.5) is 0 Å². The summed E-state index contributed by atoms with van der Waals surface area (Å²) in [5.41, 5.74) is 2.36. The second kappa shape index (κ2) is 6.79. The Hall–Kier alpha value is -1.40. The number of hydrogen-bond acceptors (Lipinski definition) is 2. The van der Waals surface area contributed by atoms with Gasteiger partial charge in [0.1, 0.15) is 0 Å². The van der Waals surface area contributed by atoms with E-state index in [1.807, 2.05) is 18.2 Å². The molecule has 0 aromatic heterocycles. The van der Waals surface area contributed by atoms with E-state index in [1.165, 1.54) is 9.13 Å². The lowest BCUT2D eigenvalue weighted by molar-refractivity contribution is -0.141. The summed E-state index contributed by atoms with van der Waals surface area (Å²) in [4.78, 5) is 13.9. The van der Waals surface area contributed by atoms with Crippen molar-refractivity contribution in [3.05, 3.63) is 69.3 Å². The first kappa shape index (κ1) is 15.5. The zero-order valence-corrected chi connectivity index (χ0v) is 14.3. The Balaban J connectivity index is 1.77. The fourth-order valence-electron chi connectivity index (χ4n) is 3.15. The summed E-state index contributed by atoms with van der Waals surface area (Å²) in [5.74, 6) is -0.957. The van der Waals surface area contributed by atoms with E-state index in [1.54, 1.807) is 0 Å². The largest absolute Gasteiger partial charge is 0.481 e. The number of halogens is 1. The van der Waals surface area contributed by atoms with Crippen molar-refractivity contribution in [3.63, 3.8) is 0 Å². The van der Waals surface area contributed by atoms with Crippen molar-refractivity contribution in [2.75, 3.05) is 13.1 Å². The van der Waals surface area contributed by atoms with Crippen molar-refractivity contribution < 1.29 is 9.90 Å². The van der Waals surface area contributed by atoms with Gasteiger partial charge in [-0.3, -0.25) is 9.69 Å².